The van der Waals surface area contributed by atoms with Crippen molar-refractivity contribution in [3.63, 3.8) is 0 Å². The Hall–Kier alpha value is -0.830. The summed E-state index contributed by atoms with van der Waals surface area (Å²) in [5.74, 6) is 0.707. The van der Waals surface area contributed by atoms with Crippen LogP contribution in [0.25, 0.3) is 0 Å². The molecule has 0 radical (unpaired) electrons. The van der Waals surface area contributed by atoms with Crippen molar-refractivity contribution in [1.29, 1.82) is 0 Å². The Bertz CT molecular complexity index is 394. The molecular formula is C16H29N3. The highest BCUT2D eigenvalue weighted by atomic mass is 15.3. The standard InChI is InChI=1S/C16H29N3/c1-5-12-19-14(9-11-18-19)15(17-4)13-8-6-7-10-16(13,2)3/h9,11,13,15,17H,5-8,10,12H2,1-4H3. The Morgan fingerprint density at radius 1 is 1.47 bits per heavy atom. The van der Waals surface area contributed by atoms with E-state index in [1.165, 1.54) is 31.4 Å². The number of nitrogens with zero attached hydrogens (tertiary/aromatic N) is 2. The summed E-state index contributed by atoms with van der Waals surface area (Å²) >= 11 is 0. The van der Waals surface area contributed by atoms with Gasteiger partial charge in [-0.1, -0.05) is 33.6 Å². The van der Waals surface area contributed by atoms with Gasteiger partial charge in [-0.15, -0.1) is 0 Å². The first-order chi connectivity index (χ1) is 9.10. The molecule has 0 bridgehead atoms. The zero-order valence-corrected chi connectivity index (χ0v) is 12.9. The molecule has 1 aromatic rings. The van der Waals surface area contributed by atoms with Gasteiger partial charge in [0.15, 0.2) is 0 Å². The first-order valence-corrected chi connectivity index (χ1v) is 7.79. The number of nitrogens with one attached hydrogen (secondary N) is 1. The van der Waals surface area contributed by atoms with E-state index in [9.17, 15) is 0 Å². The fourth-order valence-electron chi connectivity index (χ4n) is 3.70. The van der Waals surface area contributed by atoms with Crippen LogP contribution in [0.2, 0.25) is 0 Å². The van der Waals surface area contributed by atoms with Gasteiger partial charge in [-0.25, -0.2) is 0 Å². The zero-order valence-electron chi connectivity index (χ0n) is 12.9. The van der Waals surface area contributed by atoms with Crippen molar-refractivity contribution < 1.29 is 0 Å². The maximum atomic E-state index is 4.49. The Morgan fingerprint density at radius 2 is 2.26 bits per heavy atom. The Morgan fingerprint density at radius 3 is 2.89 bits per heavy atom. The molecule has 0 aromatic carbocycles. The summed E-state index contributed by atoms with van der Waals surface area (Å²) in [5.41, 5.74) is 1.79. The van der Waals surface area contributed by atoms with E-state index in [1.807, 2.05) is 6.20 Å². The highest BCUT2D eigenvalue weighted by Gasteiger charge is 2.38. The van der Waals surface area contributed by atoms with Crippen molar-refractivity contribution in [2.24, 2.45) is 11.3 Å². The fraction of sp³-hybridized carbons (Fsp3) is 0.812. The molecule has 0 spiro atoms. The maximum Gasteiger partial charge on any atom is 0.0556 e. The number of hydrogen-bond acceptors (Lipinski definition) is 2. The highest BCUT2D eigenvalue weighted by Crippen LogP contribution is 2.46. The topological polar surface area (TPSA) is 29.9 Å². The van der Waals surface area contributed by atoms with Crippen molar-refractivity contribution in [3.8, 4) is 0 Å². The van der Waals surface area contributed by atoms with E-state index in [2.05, 4.69) is 49.0 Å². The van der Waals surface area contributed by atoms with E-state index in [0.717, 1.165) is 13.0 Å². The second-order valence-corrected chi connectivity index (χ2v) is 6.59. The molecular weight excluding hydrogens is 234 g/mol. The third kappa shape index (κ3) is 3.02. The lowest BCUT2D eigenvalue weighted by atomic mass is 9.65. The molecule has 2 atom stereocenters. The lowest BCUT2D eigenvalue weighted by molar-refractivity contribution is 0.0977. The molecule has 19 heavy (non-hydrogen) atoms. The number of rotatable bonds is 5. The molecule has 3 heteroatoms. The summed E-state index contributed by atoms with van der Waals surface area (Å²) in [6.45, 7) is 8.10. The van der Waals surface area contributed by atoms with Gasteiger partial charge in [0.25, 0.3) is 0 Å². The normalized spacial score (nSPS) is 24.3. The molecule has 1 aliphatic rings. The van der Waals surface area contributed by atoms with Gasteiger partial charge in [-0.3, -0.25) is 4.68 Å². The Balaban J connectivity index is 2.25. The third-order valence-electron chi connectivity index (χ3n) is 4.81. The summed E-state index contributed by atoms with van der Waals surface area (Å²) in [4.78, 5) is 0. The molecule has 0 saturated heterocycles. The van der Waals surface area contributed by atoms with E-state index < -0.39 is 0 Å². The number of aromatic nitrogens is 2. The average molecular weight is 263 g/mol. The van der Waals surface area contributed by atoms with Crippen LogP contribution in [0, 0.1) is 11.3 Å². The minimum absolute atomic E-state index is 0.424. The SMILES string of the molecule is CCCn1nccc1C(NC)C1CCCCC1(C)C. The average Bonchev–Trinajstić information content (AvgIpc) is 2.81. The molecule has 1 N–H and O–H groups in total. The summed E-state index contributed by atoms with van der Waals surface area (Å²) < 4.78 is 2.19. The van der Waals surface area contributed by atoms with Crippen molar-refractivity contribution >= 4 is 0 Å². The minimum Gasteiger partial charge on any atom is -0.311 e. The van der Waals surface area contributed by atoms with Crippen LogP contribution < -0.4 is 5.32 Å². The summed E-state index contributed by atoms with van der Waals surface area (Å²) in [5, 5.41) is 8.06. The predicted molar refractivity (Wildman–Crippen MR) is 80.1 cm³/mol. The highest BCUT2D eigenvalue weighted by molar-refractivity contribution is 5.10. The van der Waals surface area contributed by atoms with Gasteiger partial charge >= 0.3 is 0 Å². The van der Waals surface area contributed by atoms with Gasteiger partial charge < -0.3 is 5.32 Å². The molecule has 1 fully saturated rings. The molecule has 1 heterocycles. The van der Waals surface area contributed by atoms with E-state index in [1.54, 1.807) is 0 Å². The van der Waals surface area contributed by atoms with Crippen molar-refractivity contribution in [1.82, 2.24) is 15.1 Å². The molecule has 1 aliphatic carbocycles. The first-order valence-electron chi connectivity index (χ1n) is 7.79. The van der Waals surface area contributed by atoms with E-state index in [-0.39, 0.29) is 0 Å². The van der Waals surface area contributed by atoms with Crippen LogP contribution in [-0.4, -0.2) is 16.8 Å². The summed E-state index contributed by atoms with van der Waals surface area (Å²) in [7, 11) is 2.10. The van der Waals surface area contributed by atoms with Crippen LogP contribution in [0.4, 0.5) is 0 Å². The van der Waals surface area contributed by atoms with Crippen LogP contribution in [0.5, 0.6) is 0 Å². The Labute approximate surface area is 117 Å². The van der Waals surface area contributed by atoms with E-state index in [0.29, 0.717) is 17.4 Å². The minimum atomic E-state index is 0.424. The summed E-state index contributed by atoms with van der Waals surface area (Å²) in [6.07, 6.45) is 8.51. The lowest BCUT2D eigenvalue weighted by Gasteiger charge is -2.43. The number of aryl methyl sites for hydroxylation is 1. The monoisotopic (exact) mass is 263 g/mol. The summed E-state index contributed by atoms with van der Waals surface area (Å²) in [6, 6.07) is 2.63. The molecule has 2 rings (SSSR count). The van der Waals surface area contributed by atoms with Gasteiger partial charge in [-0.2, -0.15) is 5.10 Å². The van der Waals surface area contributed by atoms with Crippen LogP contribution in [0.1, 0.15) is 64.6 Å². The maximum absolute atomic E-state index is 4.49. The number of hydrogen-bond donors (Lipinski definition) is 1. The zero-order chi connectivity index (χ0) is 13.9. The van der Waals surface area contributed by atoms with Gasteiger partial charge in [0, 0.05) is 12.7 Å². The van der Waals surface area contributed by atoms with Crippen molar-refractivity contribution in [3.05, 3.63) is 18.0 Å². The quantitative estimate of drug-likeness (QED) is 0.876. The van der Waals surface area contributed by atoms with E-state index in [4.69, 9.17) is 0 Å². The lowest BCUT2D eigenvalue weighted by Crippen LogP contribution is -2.38. The van der Waals surface area contributed by atoms with Gasteiger partial charge in [0.2, 0.25) is 0 Å². The second kappa shape index (κ2) is 6.08. The van der Waals surface area contributed by atoms with Crippen LogP contribution in [0.3, 0.4) is 0 Å². The molecule has 108 valence electrons. The molecule has 0 amide bonds. The van der Waals surface area contributed by atoms with Crippen LogP contribution in [-0.2, 0) is 6.54 Å². The van der Waals surface area contributed by atoms with Gasteiger partial charge in [-0.05, 0) is 43.7 Å². The van der Waals surface area contributed by atoms with Crippen LogP contribution in [0.15, 0.2) is 12.3 Å². The molecule has 1 aromatic heterocycles. The predicted octanol–water partition coefficient (Wildman–Crippen LogP) is 3.77. The molecule has 1 saturated carbocycles. The molecule has 3 nitrogen and oxygen atoms in total. The fourth-order valence-corrected chi connectivity index (χ4v) is 3.70. The van der Waals surface area contributed by atoms with Gasteiger partial charge in [0.1, 0.15) is 0 Å². The second-order valence-electron chi connectivity index (χ2n) is 6.59. The molecule has 0 aliphatic heterocycles. The largest absolute Gasteiger partial charge is 0.311 e. The third-order valence-corrected chi connectivity index (χ3v) is 4.81. The molecule has 2 unspecified atom stereocenters. The Kier molecular flexibility index (Phi) is 4.67. The van der Waals surface area contributed by atoms with Crippen molar-refractivity contribution in [2.75, 3.05) is 7.05 Å². The van der Waals surface area contributed by atoms with E-state index >= 15 is 0 Å². The smallest absolute Gasteiger partial charge is 0.0556 e. The van der Waals surface area contributed by atoms with Crippen LogP contribution >= 0.6 is 0 Å². The van der Waals surface area contributed by atoms with Gasteiger partial charge in [0.05, 0.1) is 11.7 Å². The first kappa shape index (κ1) is 14.6. The van der Waals surface area contributed by atoms with Crippen molar-refractivity contribution in [2.45, 2.75) is 65.5 Å².